The van der Waals surface area contributed by atoms with Gasteiger partial charge in [0.15, 0.2) is 34.6 Å². The number of anilines is 1. The number of ether oxygens (including phenoxy) is 3. The Kier molecular flexibility index (Phi) is 3.36. The van der Waals surface area contributed by atoms with E-state index in [2.05, 4.69) is 19.4 Å². The van der Waals surface area contributed by atoms with Crippen molar-refractivity contribution in [2.45, 2.75) is 6.29 Å². The maximum atomic E-state index is 14.1. The number of hydrogen-bond acceptors (Lipinski definition) is 7. The van der Waals surface area contributed by atoms with Crippen LogP contribution in [0.15, 0.2) is 12.1 Å². The van der Waals surface area contributed by atoms with E-state index in [1.165, 1.54) is 0 Å². The first-order valence-corrected chi connectivity index (χ1v) is 6.26. The zero-order chi connectivity index (χ0) is 17.6. The van der Waals surface area contributed by atoms with Crippen LogP contribution in [0.4, 0.5) is 19.0 Å². The van der Waals surface area contributed by atoms with Gasteiger partial charge in [-0.3, -0.25) is 0 Å². The van der Waals surface area contributed by atoms with Gasteiger partial charge in [-0.05, 0) is 6.07 Å². The van der Waals surface area contributed by atoms with E-state index in [1.54, 1.807) is 0 Å². The van der Waals surface area contributed by atoms with Gasteiger partial charge < -0.3 is 25.1 Å². The minimum Gasteiger partial charge on any atom is -0.491 e. The van der Waals surface area contributed by atoms with Gasteiger partial charge >= 0.3 is 12.3 Å². The number of fused-ring (bicyclic) bond motifs is 1. The van der Waals surface area contributed by atoms with E-state index in [4.69, 9.17) is 15.6 Å². The van der Waals surface area contributed by atoms with Crippen molar-refractivity contribution < 1.29 is 37.3 Å². The third kappa shape index (κ3) is 2.49. The number of carboxylic acids is 1. The first-order valence-electron chi connectivity index (χ1n) is 6.26. The fourth-order valence-corrected chi connectivity index (χ4v) is 2.08. The zero-order valence-corrected chi connectivity index (χ0v) is 11.8. The summed E-state index contributed by atoms with van der Waals surface area (Å²) in [7, 11) is 1.16. The van der Waals surface area contributed by atoms with Crippen molar-refractivity contribution in [2.24, 2.45) is 0 Å². The summed E-state index contributed by atoms with van der Waals surface area (Å²) in [6, 6.07) is 1.51. The van der Waals surface area contributed by atoms with Crippen molar-refractivity contribution in [1.82, 2.24) is 9.97 Å². The second kappa shape index (κ2) is 5.15. The highest BCUT2D eigenvalue weighted by molar-refractivity contribution is 5.91. The van der Waals surface area contributed by atoms with Gasteiger partial charge in [0.05, 0.1) is 12.7 Å². The maximum absolute atomic E-state index is 14.1. The average Bonchev–Trinajstić information content (AvgIpc) is 2.78. The number of methoxy groups -OCH3 is 1. The highest BCUT2D eigenvalue weighted by Crippen LogP contribution is 2.44. The van der Waals surface area contributed by atoms with E-state index in [1.807, 2.05) is 0 Å². The molecule has 0 atom stereocenters. The number of hydrogen-bond donors (Lipinski definition) is 2. The van der Waals surface area contributed by atoms with Gasteiger partial charge in [0.25, 0.3) is 0 Å². The van der Waals surface area contributed by atoms with Crippen molar-refractivity contribution in [1.29, 1.82) is 0 Å². The van der Waals surface area contributed by atoms with E-state index < -0.39 is 46.7 Å². The molecule has 0 unspecified atom stereocenters. The van der Waals surface area contributed by atoms with Crippen molar-refractivity contribution in [3.63, 3.8) is 0 Å². The summed E-state index contributed by atoms with van der Waals surface area (Å²) in [6.07, 6.45) is -3.93. The van der Waals surface area contributed by atoms with Crippen LogP contribution in [0.2, 0.25) is 0 Å². The third-order valence-electron chi connectivity index (χ3n) is 3.03. The lowest BCUT2D eigenvalue weighted by Gasteiger charge is -2.10. The zero-order valence-electron chi connectivity index (χ0n) is 11.8. The van der Waals surface area contributed by atoms with Crippen LogP contribution in [0.1, 0.15) is 10.5 Å². The first kappa shape index (κ1) is 15.6. The molecule has 0 amide bonds. The molecule has 24 heavy (non-hydrogen) atoms. The molecular weight excluding hydrogens is 335 g/mol. The van der Waals surface area contributed by atoms with Gasteiger partial charge in [-0.1, -0.05) is 0 Å². The lowest BCUT2D eigenvalue weighted by molar-refractivity contribution is -0.286. The number of carboxylic acid groups (broad SMARTS) is 1. The molecule has 3 N–H and O–H groups in total. The molecule has 2 aromatic rings. The monoisotopic (exact) mass is 343 g/mol. The molecule has 0 saturated heterocycles. The molecule has 1 aliphatic rings. The number of nitrogens with two attached hydrogens (primary N) is 1. The number of rotatable bonds is 3. The highest BCUT2D eigenvalue weighted by atomic mass is 19.3. The summed E-state index contributed by atoms with van der Waals surface area (Å²) in [5, 5.41) is 9.12. The van der Waals surface area contributed by atoms with Gasteiger partial charge in [0.1, 0.15) is 5.82 Å². The minimum absolute atomic E-state index is 0.307. The van der Waals surface area contributed by atoms with Crippen LogP contribution in [0.3, 0.4) is 0 Å². The molecule has 8 nitrogen and oxygen atoms in total. The second-order valence-electron chi connectivity index (χ2n) is 4.57. The molecule has 1 aliphatic heterocycles. The summed E-state index contributed by atoms with van der Waals surface area (Å²) in [5.41, 5.74) is 4.57. The summed E-state index contributed by atoms with van der Waals surface area (Å²) in [5.74, 6) is -4.59. The molecule has 0 saturated carbocycles. The second-order valence-corrected chi connectivity index (χ2v) is 4.57. The van der Waals surface area contributed by atoms with E-state index in [-0.39, 0.29) is 11.6 Å². The summed E-state index contributed by atoms with van der Waals surface area (Å²) in [6.45, 7) is 0. The van der Waals surface area contributed by atoms with Crippen LogP contribution in [0.25, 0.3) is 11.4 Å². The molecule has 11 heteroatoms. The topological polar surface area (TPSA) is 117 Å². The third-order valence-corrected chi connectivity index (χ3v) is 3.03. The van der Waals surface area contributed by atoms with Gasteiger partial charge in [0.2, 0.25) is 0 Å². The van der Waals surface area contributed by atoms with E-state index >= 15 is 0 Å². The van der Waals surface area contributed by atoms with Crippen molar-refractivity contribution >= 4 is 11.8 Å². The number of alkyl halides is 2. The lowest BCUT2D eigenvalue weighted by atomic mass is 10.1. The maximum Gasteiger partial charge on any atom is 0.586 e. The molecule has 0 fully saturated rings. The van der Waals surface area contributed by atoms with Gasteiger partial charge in [0, 0.05) is 6.07 Å². The predicted octanol–water partition coefficient (Wildman–Crippen LogP) is 1.89. The normalized spacial score (nSPS) is 14.5. The number of carbonyl (C=O) groups is 1. The fraction of sp³-hybridized carbons (Fsp3) is 0.154. The van der Waals surface area contributed by atoms with Crippen LogP contribution < -0.4 is 19.9 Å². The Hall–Kier alpha value is -3.24. The Labute approximate surface area is 131 Å². The first-order chi connectivity index (χ1) is 11.2. The number of aromatic nitrogens is 2. The molecule has 0 bridgehead atoms. The van der Waals surface area contributed by atoms with Gasteiger partial charge in [-0.15, -0.1) is 8.78 Å². The number of aromatic carboxylic acids is 1. The average molecular weight is 343 g/mol. The lowest BCUT2D eigenvalue weighted by Crippen LogP contribution is -2.25. The Morgan fingerprint density at radius 1 is 1.29 bits per heavy atom. The Bertz CT molecular complexity index is 859. The van der Waals surface area contributed by atoms with Crippen LogP contribution in [-0.2, 0) is 0 Å². The molecule has 2 heterocycles. The minimum atomic E-state index is -3.93. The summed E-state index contributed by atoms with van der Waals surface area (Å²) in [4.78, 5) is 18.6. The molecule has 3 rings (SSSR count). The number of halogens is 3. The molecule has 126 valence electrons. The number of nitrogen functional groups attached to an aromatic ring is 1. The van der Waals surface area contributed by atoms with E-state index in [9.17, 15) is 18.0 Å². The van der Waals surface area contributed by atoms with Crippen molar-refractivity contribution in [3.05, 3.63) is 23.6 Å². The summed E-state index contributed by atoms with van der Waals surface area (Å²) >= 11 is 0. The molecule has 1 aromatic carbocycles. The van der Waals surface area contributed by atoms with Crippen molar-refractivity contribution in [3.8, 4) is 28.6 Å². The van der Waals surface area contributed by atoms with Crippen molar-refractivity contribution in [2.75, 3.05) is 12.8 Å². The molecule has 0 spiro atoms. The largest absolute Gasteiger partial charge is 0.586 e. The van der Waals surface area contributed by atoms with Gasteiger partial charge in [-0.2, -0.15) is 0 Å². The molecule has 0 aliphatic carbocycles. The molecule has 1 aromatic heterocycles. The SMILES string of the molecule is COc1c(N)nc(-c2cc3c(cc2F)OC(F)(F)O3)nc1C(=O)O. The van der Waals surface area contributed by atoms with Crippen LogP contribution in [0, 0.1) is 5.82 Å². The van der Waals surface area contributed by atoms with Crippen LogP contribution >= 0.6 is 0 Å². The van der Waals surface area contributed by atoms with E-state index in [0.717, 1.165) is 13.2 Å². The van der Waals surface area contributed by atoms with Crippen LogP contribution in [0.5, 0.6) is 17.2 Å². The highest BCUT2D eigenvalue weighted by Gasteiger charge is 2.44. The smallest absolute Gasteiger partial charge is 0.491 e. The predicted molar refractivity (Wildman–Crippen MR) is 71.6 cm³/mol. The standard InChI is InChI=1S/C13H8F3N3O5/c1-22-9-8(12(20)21)18-11(19-10(9)17)4-2-6-7(3-5(4)14)24-13(15,16)23-6/h2-3H,1H3,(H,20,21)(H2,17,18,19). The quantitative estimate of drug-likeness (QED) is 0.868. The Balaban J connectivity index is 2.16. The fourth-order valence-electron chi connectivity index (χ4n) is 2.08. The van der Waals surface area contributed by atoms with Gasteiger partial charge in [-0.25, -0.2) is 19.2 Å². The Morgan fingerprint density at radius 3 is 2.50 bits per heavy atom. The Morgan fingerprint density at radius 2 is 1.92 bits per heavy atom. The number of benzene rings is 1. The summed E-state index contributed by atoms with van der Waals surface area (Å²) < 4.78 is 53.3. The molecular formula is C13H8F3N3O5. The van der Waals surface area contributed by atoms with E-state index in [0.29, 0.717) is 6.07 Å². The van der Waals surface area contributed by atoms with Crippen LogP contribution in [-0.4, -0.2) is 34.4 Å². The molecule has 0 radical (unpaired) electrons. The number of nitrogens with zero attached hydrogens (tertiary/aromatic N) is 2.